The van der Waals surface area contributed by atoms with Crippen LogP contribution in [0, 0.1) is 11.3 Å². The van der Waals surface area contributed by atoms with Gasteiger partial charge in [-0.3, -0.25) is 0 Å². The van der Waals surface area contributed by atoms with E-state index in [1.54, 1.807) is 7.11 Å². The lowest BCUT2D eigenvalue weighted by atomic mass is 9.64. The third-order valence-electron chi connectivity index (χ3n) is 5.44. The highest BCUT2D eigenvalue weighted by molar-refractivity contribution is 5.67. The third-order valence-corrected chi connectivity index (χ3v) is 5.44. The van der Waals surface area contributed by atoms with Crippen molar-refractivity contribution in [2.24, 2.45) is 11.3 Å². The van der Waals surface area contributed by atoms with Gasteiger partial charge >= 0.3 is 6.09 Å². The van der Waals surface area contributed by atoms with E-state index in [0.717, 1.165) is 12.8 Å². The van der Waals surface area contributed by atoms with Gasteiger partial charge in [0.15, 0.2) is 0 Å². The number of hydrogen-bond acceptors (Lipinski definition) is 4. The highest BCUT2D eigenvalue weighted by Crippen LogP contribution is 2.43. The van der Waals surface area contributed by atoms with Crippen LogP contribution in [0.1, 0.15) is 60.3 Å². The summed E-state index contributed by atoms with van der Waals surface area (Å²) in [6, 6.07) is 0.978. The van der Waals surface area contributed by atoms with Gasteiger partial charge in [0.25, 0.3) is 0 Å². The molecule has 2 aliphatic carbocycles. The first kappa shape index (κ1) is 18.5. The van der Waals surface area contributed by atoms with Crippen LogP contribution in [-0.2, 0) is 9.47 Å². The normalized spacial score (nSPS) is 33.1. The van der Waals surface area contributed by atoms with Crippen LogP contribution in [-0.4, -0.2) is 43.5 Å². The van der Waals surface area contributed by atoms with Gasteiger partial charge in [0, 0.05) is 31.2 Å². The number of ether oxygens (including phenoxy) is 2. The zero-order valence-corrected chi connectivity index (χ0v) is 15.6. The van der Waals surface area contributed by atoms with E-state index in [1.807, 2.05) is 20.8 Å². The highest BCUT2D eigenvalue weighted by atomic mass is 16.6. The van der Waals surface area contributed by atoms with Gasteiger partial charge in [-0.05, 0) is 46.0 Å². The van der Waals surface area contributed by atoms with Crippen molar-refractivity contribution < 1.29 is 14.3 Å². The predicted molar refractivity (Wildman–Crippen MR) is 91.5 cm³/mol. The number of nitrogens with one attached hydrogen (secondary N) is 2. The zero-order valence-electron chi connectivity index (χ0n) is 15.6. The second-order valence-electron chi connectivity index (χ2n) is 8.68. The molecule has 0 radical (unpaired) electrons. The van der Waals surface area contributed by atoms with E-state index < -0.39 is 5.60 Å². The number of rotatable bonds is 5. The number of carbonyl (C=O) groups excluding carboxylic acids is 1. The van der Waals surface area contributed by atoms with E-state index >= 15 is 0 Å². The van der Waals surface area contributed by atoms with E-state index in [2.05, 4.69) is 24.5 Å². The molecule has 0 spiro atoms. The van der Waals surface area contributed by atoms with E-state index in [1.165, 1.54) is 12.8 Å². The second-order valence-corrected chi connectivity index (χ2v) is 8.68. The summed E-state index contributed by atoms with van der Waals surface area (Å²) >= 11 is 0. The van der Waals surface area contributed by atoms with Crippen molar-refractivity contribution in [3.05, 3.63) is 0 Å². The summed E-state index contributed by atoms with van der Waals surface area (Å²) in [7, 11) is 1.80. The first-order valence-corrected chi connectivity index (χ1v) is 8.89. The SMILES string of the molecule is COC1CC(NC2CCCC2CNC(=O)OC(C)(C)C)C1(C)C. The van der Waals surface area contributed by atoms with Gasteiger partial charge in [-0.1, -0.05) is 20.3 Å². The summed E-state index contributed by atoms with van der Waals surface area (Å²) in [4.78, 5) is 11.8. The summed E-state index contributed by atoms with van der Waals surface area (Å²) in [5.41, 5.74) is -0.261. The van der Waals surface area contributed by atoms with Crippen molar-refractivity contribution >= 4 is 6.09 Å². The van der Waals surface area contributed by atoms with E-state index in [-0.39, 0.29) is 11.5 Å². The maximum atomic E-state index is 11.8. The van der Waals surface area contributed by atoms with Crippen LogP contribution in [0.15, 0.2) is 0 Å². The lowest BCUT2D eigenvalue weighted by Crippen LogP contribution is -2.63. The molecule has 0 aromatic carbocycles. The molecule has 0 aromatic rings. The Balaban J connectivity index is 1.79. The zero-order chi connectivity index (χ0) is 17.3. The van der Waals surface area contributed by atoms with Crippen molar-refractivity contribution in [3.63, 3.8) is 0 Å². The Morgan fingerprint density at radius 1 is 1.26 bits per heavy atom. The average molecular weight is 326 g/mol. The third kappa shape index (κ3) is 4.60. The molecule has 2 saturated carbocycles. The molecule has 2 rings (SSSR count). The number of hydrogen-bond donors (Lipinski definition) is 2. The fourth-order valence-corrected chi connectivity index (χ4v) is 3.86. The molecule has 1 amide bonds. The molecule has 0 saturated heterocycles. The molecule has 2 aliphatic rings. The standard InChI is InChI=1S/C18H34N2O3/c1-17(2,3)23-16(21)19-11-12-8-7-9-13(12)20-14-10-15(22-6)18(14,4)5/h12-15,20H,7-11H2,1-6H3,(H,19,21). The monoisotopic (exact) mass is 326 g/mol. The Bertz CT molecular complexity index is 417. The summed E-state index contributed by atoms with van der Waals surface area (Å²) in [6.07, 6.45) is 4.68. The number of alkyl carbamates (subject to hydrolysis) is 1. The Labute approximate surface area is 140 Å². The number of amides is 1. The largest absolute Gasteiger partial charge is 0.444 e. The first-order chi connectivity index (χ1) is 10.6. The topological polar surface area (TPSA) is 59.6 Å². The molecule has 134 valence electrons. The Kier molecular flexibility index (Phi) is 5.62. The summed E-state index contributed by atoms with van der Waals surface area (Å²) in [6.45, 7) is 10.9. The maximum Gasteiger partial charge on any atom is 0.407 e. The lowest BCUT2D eigenvalue weighted by molar-refractivity contribution is -0.101. The highest BCUT2D eigenvalue weighted by Gasteiger charge is 2.49. The van der Waals surface area contributed by atoms with Gasteiger partial charge < -0.3 is 20.1 Å². The summed E-state index contributed by atoms with van der Waals surface area (Å²) in [5, 5.41) is 6.76. The van der Waals surface area contributed by atoms with E-state index in [4.69, 9.17) is 9.47 Å². The quantitative estimate of drug-likeness (QED) is 0.815. The molecule has 0 bridgehead atoms. The minimum Gasteiger partial charge on any atom is -0.444 e. The molecule has 0 heterocycles. The van der Waals surface area contributed by atoms with Crippen LogP contribution < -0.4 is 10.6 Å². The maximum absolute atomic E-state index is 11.8. The van der Waals surface area contributed by atoms with Crippen LogP contribution in [0.25, 0.3) is 0 Å². The van der Waals surface area contributed by atoms with Crippen LogP contribution in [0.3, 0.4) is 0 Å². The smallest absolute Gasteiger partial charge is 0.407 e. The molecule has 23 heavy (non-hydrogen) atoms. The van der Waals surface area contributed by atoms with Crippen molar-refractivity contribution in [2.45, 2.75) is 84.1 Å². The Morgan fingerprint density at radius 2 is 1.96 bits per heavy atom. The molecule has 4 unspecified atom stereocenters. The Hall–Kier alpha value is -0.810. The predicted octanol–water partition coefficient (Wildman–Crippen LogP) is 3.08. The molecule has 0 aromatic heterocycles. The lowest BCUT2D eigenvalue weighted by Gasteiger charge is -2.52. The summed E-state index contributed by atoms with van der Waals surface area (Å²) < 4.78 is 10.9. The van der Waals surface area contributed by atoms with Gasteiger partial charge in [-0.25, -0.2) is 4.79 Å². The first-order valence-electron chi connectivity index (χ1n) is 8.89. The number of carbonyl (C=O) groups is 1. The molecular formula is C18H34N2O3. The minimum atomic E-state index is -0.442. The van der Waals surface area contributed by atoms with E-state index in [9.17, 15) is 4.79 Å². The molecule has 5 nitrogen and oxygen atoms in total. The van der Waals surface area contributed by atoms with Gasteiger partial charge in [0.05, 0.1) is 6.10 Å². The Morgan fingerprint density at radius 3 is 2.52 bits per heavy atom. The molecule has 2 N–H and O–H groups in total. The fourth-order valence-electron chi connectivity index (χ4n) is 3.86. The number of methoxy groups -OCH3 is 1. The minimum absolute atomic E-state index is 0.181. The molecule has 0 aliphatic heterocycles. The van der Waals surface area contributed by atoms with Crippen molar-refractivity contribution in [1.82, 2.24) is 10.6 Å². The van der Waals surface area contributed by atoms with Gasteiger partial charge in [0.2, 0.25) is 0 Å². The molecule has 2 fully saturated rings. The molecule has 4 atom stereocenters. The van der Waals surface area contributed by atoms with E-state index in [0.29, 0.717) is 30.7 Å². The molecule has 5 heteroatoms. The van der Waals surface area contributed by atoms with Crippen LogP contribution >= 0.6 is 0 Å². The van der Waals surface area contributed by atoms with Crippen LogP contribution in [0.2, 0.25) is 0 Å². The van der Waals surface area contributed by atoms with Gasteiger partial charge in [-0.2, -0.15) is 0 Å². The van der Waals surface area contributed by atoms with Crippen molar-refractivity contribution in [3.8, 4) is 0 Å². The van der Waals surface area contributed by atoms with Crippen molar-refractivity contribution in [1.29, 1.82) is 0 Å². The fraction of sp³-hybridized carbons (Fsp3) is 0.944. The van der Waals surface area contributed by atoms with Crippen molar-refractivity contribution in [2.75, 3.05) is 13.7 Å². The van der Waals surface area contributed by atoms with Gasteiger partial charge in [0.1, 0.15) is 5.60 Å². The summed E-state index contributed by atoms with van der Waals surface area (Å²) in [5.74, 6) is 0.486. The molecular weight excluding hydrogens is 292 g/mol. The average Bonchev–Trinajstić information content (AvgIpc) is 2.86. The van der Waals surface area contributed by atoms with Crippen LogP contribution in [0.4, 0.5) is 4.79 Å². The second kappa shape index (κ2) is 6.98. The van der Waals surface area contributed by atoms with Crippen LogP contribution in [0.5, 0.6) is 0 Å². The van der Waals surface area contributed by atoms with Gasteiger partial charge in [-0.15, -0.1) is 0 Å².